The summed E-state index contributed by atoms with van der Waals surface area (Å²) in [6.45, 7) is 7.50. The van der Waals surface area contributed by atoms with Crippen LogP contribution in [0.15, 0.2) is 30.6 Å². The highest BCUT2D eigenvalue weighted by atomic mass is 16.5. The molecule has 0 aliphatic heterocycles. The number of rotatable bonds is 5. The molecule has 2 rings (SSSR count). The number of aryl methyl sites for hydroxylation is 2. The van der Waals surface area contributed by atoms with Gasteiger partial charge < -0.3 is 10.5 Å². The van der Waals surface area contributed by atoms with E-state index in [2.05, 4.69) is 18.1 Å². The third kappa shape index (κ3) is 3.35. The van der Waals surface area contributed by atoms with Gasteiger partial charge in [0, 0.05) is 24.3 Å². The van der Waals surface area contributed by atoms with E-state index in [1.807, 2.05) is 43.1 Å². The third-order valence-corrected chi connectivity index (χ3v) is 3.13. The van der Waals surface area contributed by atoms with Crippen molar-refractivity contribution < 1.29 is 4.74 Å². The van der Waals surface area contributed by atoms with Crippen LogP contribution in [0.3, 0.4) is 0 Å². The summed E-state index contributed by atoms with van der Waals surface area (Å²) in [7, 11) is 0. The van der Waals surface area contributed by atoms with Crippen LogP contribution in [-0.2, 0) is 13.2 Å². The van der Waals surface area contributed by atoms with Crippen LogP contribution in [0.5, 0.6) is 5.75 Å². The van der Waals surface area contributed by atoms with Gasteiger partial charge >= 0.3 is 0 Å². The van der Waals surface area contributed by atoms with Gasteiger partial charge in [-0.25, -0.2) is 0 Å². The number of hydrogen-bond acceptors (Lipinski definition) is 3. The molecule has 0 bridgehead atoms. The van der Waals surface area contributed by atoms with E-state index in [1.54, 1.807) is 0 Å². The van der Waals surface area contributed by atoms with Gasteiger partial charge in [0.25, 0.3) is 0 Å². The van der Waals surface area contributed by atoms with Gasteiger partial charge in [-0.15, -0.1) is 0 Å². The number of nitrogens with two attached hydrogens (primary N) is 1. The lowest BCUT2D eigenvalue weighted by Crippen LogP contribution is -2.05. The van der Waals surface area contributed by atoms with Crippen molar-refractivity contribution in [2.75, 3.05) is 0 Å². The normalized spacial score (nSPS) is 12.4. The molecule has 0 unspecified atom stereocenters. The second-order valence-electron chi connectivity index (χ2n) is 4.81. The Labute approximate surface area is 114 Å². The Bertz CT molecular complexity index is 546. The Morgan fingerprint density at radius 2 is 2.21 bits per heavy atom. The first-order valence-electron chi connectivity index (χ1n) is 6.60. The molecule has 0 spiro atoms. The van der Waals surface area contributed by atoms with E-state index in [1.165, 1.54) is 0 Å². The summed E-state index contributed by atoms with van der Waals surface area (Å²) in [5, 5.41) is 4.23. The van der Waals surface area contributed by atoms with Crippen molar-refractivity contribution in [2.24, 2.45) is 5.73 Å². The standard InChI is InChI=1S/C15H21N3O/c1-4-18-9-13(8-17-18)10-19-15-6-5-14(12(3)16)7-11(15)2/h5-9,12H,4,10,16H2,1-3H3/t12-/m1/s1. The highest BCUT2D eigenvalue weighted by Gasteiger charge is 2.05. The Hall–Kier alpha value is -1.81. The number of hydrogen-bond donors (Lipinski definition) is 1. The Kier molecular flexibility index (Phi) is 4.22. The molecule has 2 aromatic rings. The van der Waals surface area contributed by atoms with Crippen LogP contribution < -0.4 is 10.5 Å². The number of benzene rings is 1. The summed E-state index contributed by atoms with van der Waals surface area (Å²) >= 11 is 0. The predicted octanol–water partition coefficient (Wildman–Crippen LogP) is 2.81. The average molecular weight is 259 g/mol. The summed E-state index contributed by atoms with van der Waals surface area (Å²) in [5.74, 6) is 0.897. The topological polar surface area (TPSA) is 53.1 Å². The molecule has 4 nitrogen and oxygen atoms in total. The fraction of sp³-hybridized carbons (Fsp3) is 0.400. The van der Waals surface area contributed by atoms with Crippen LogP contribution in [-0.4, -0.2) is 9.78 Å². The van der Waals surface area contributed by atoms with Crippen molar-refractivity contribution in [3.63, 3.8) is 0 Å². The van der Waals surface area contributed by atoms with Gasteiger partial charge in [0.05, 0.1) is 6.20 Å². The van der Waals surface area contributed by atoms with E-state index >= 15 is 0 Å². The zero-order chi connectivity index (χ0) is 13.8. The Morgan fingerprint density at radius 3 is 2.79 bits per heavy atom. The number of aromatic nitrogens is 2. The molecular formula is C15H21N3O. The van der Waals surface area contributed by atoms with Crippen molar-refractivity contribution in [2.45, 2.75) is 40.0 Å². The lowest BCUT2D eigenvalue weighted by atomic mass is 10.1. The molecule has 19 heavy (non-hydrogen) atoms. The molecule has 1 atom stereocenters. The molecule has 1 aromatic carbocycles. The second-order valence-corrected chi connectivity index (χ2v) is 4.81. The van der Waals surface area contributed by atoms with Gasteiger partial charge in [-0.2, -0.15) is 5.10 Å². The molecule has 0 fully saturated rings. The first-order chi connectivity index (χ1) is 9.10. The zero-order valence-electron chi connectivity index (χ0n) is 11.8. The van der Waals surface area contributed by atoms with Crippen molar-refractivity contribution in [3.8, 4) is 5.75 Å². The average Bonchev–Trinajstić information content (AvgIpc) is 2.85. The monoisotopic (exact) mass is 259 g/mol. The maximum Gasteiger partial charge on any atom is 0.122 e. The largest absolute Gasteiger partial charge is 0.489 e. The van der Waals surface area contributed by atoms with E-state index in [0.29, 0.717) is 6.61 Å². The summed E-state index contributed by atoms with van der Waals surface area (Å²) in [6, 6.07) is 6.13. The van der Waals surface area contributed by atoms with E-state index in [0.717, 1.165) is 29.0 Å². The maximum atomic E-state index is 5.86. The highest BCUT2D eigenvalue weighted by molar-refractivity contribution is 5.37. The van der Waals surface area contributed by atoms with Gasteiger partial charge in [0.15, 0.2) is 0 Å². The van der Waals surface area contributed by atoms with Crippen molar-refractivity contribution in [1.82, 2.24) is 9.78 Å². The second kappa shape index (κ2) is 5.89. The molecule has 0 saturated heterocycles. The smallest absolute Gasteiger partial charge is 0.122 e. The first-order valence-corrected chi connectivity index (χ1v) is 6.60. The summed E-state index contributed by atoms with van der Waals surface area (Å²) in [5.41, 5.74) is 9.18. The first kappa shape index (κ1) is 13.6. The van der Waals surface area contributed by atoms with Crippen molar-refractivity contribution >= 4 is 0 Å². The number of nitrogens with zero attached hydrogens (tertiary/aromatic N) is 2. The van der Waals surface area contributed by atoms with Crippen LogP contribution in [0.2, 0.25) is 0 Å². The minimum atomic E-state index is 0.0514. The summed E-state index contributed by atoms with van der Waals surface area (Å²) in [4.78, 5) is 0. The molecule has 2 N–H and O–H groups in total. The molecule has 0 radical (unpaired) electrons. The Balaban J connectivity index is 2.03. The molecule has 4 heteroatoms. The van der Waals surface area contributed by atoms with E-state index in [9.17, 15) is 0 Å². The summed E-state index contributed by atoms with van der Waals surface area (Å²) in [6.07, 6.45) is 3.85. The van der Waals surface area contributed by atoms with E-state index in [4.69, 9.17) is 10.5 Å². The van der Waals surface area contributed by atoms with Crippen LogP contribution in [0, 0.1) is 6.92 Å². The SMILES string of the molecule is CCn1cc(COc2ccc([C@@H](C)N)cc2C)cn1. The minimum Gasteiger partial charge on any atom is -0.489 e. The molecular weight excluding hydrogens is 238 g/mol. The molecule has 1 heterocycles. The molecule has 0 aliphatic carbocycles. The lowest BCUT2D eigenvalue weighted by molar-refractivity contribution is 0.304. The molecule has 0 amide bonds. The van der Waals surface area contributed by atoms with Crippen molar-refractivity contribution in [3.05, 3.63) is 47.3 Å². The minimum absolute atomic E-state index is 0.0514. The molecule has 1 aromatic heterocycles. The van der Waals surface area contributed by atoms with Crippen LogP contribution in [0.4, 0.5) is 0 Å². The van der Waals surface area contributed by atoms with Gasteiger partial charge in [-0.3, -0.25) is 4.68 Å². The predicted molar refractivity (Wildman–Crippen MR) is 76.0 cm³/mol. The maximum absolute atomic E-state index is 5.86. The lowest BCUT2D eigenvalue weighted by Gasteiger charge is -2.11. The molecule has 0 aliphatic rings. The quantitative estimate of drug-likeness (QED) is 0.898. The number of ether oxygens (including phenoxy) is 1. The molecule has 0 saturated carbocycles. The van der Waals surface area contributed by atoms with E-state index in [-0.39, 0.29) is 6.04 Å². The summed E-state index contributed by atoms with van der Waals surface area (Å²) < 4.78 is 7.71. The van der Waals surface area contributed by atoms with Crippen LogP contribution >= 0.6 is 0 Å². The fourth-order valence-corrected chi connectivity index (χ4v) is 1.93. The van der Waals surface area contributed by atoms with Crippen molar-refractivity contribution in [1.29, 1.82) is 0 Å². The van der Waals surface area contributed by atoms with Gasteiger partial charge in [-0.05, 0) is 38.0 Å². The van der Waals surface area contributed by atoms with Gasteiger partial charge in [0.1, 0.15) is 12.4 Å². The molecule has 102 valence electrons. The van der Waals surface area contributed by atoms with Crippen LogP contribution in [0.1, 0.15) is 36.6 Å². The van der Waals surface area contributed by atoms with Gasteiger partial charge in [0.2, 0.25) is 0 Å². The fourth-order valence-electron chi connectivity index (χ4n) is 1.93. The highest BCUT2D eigenvalue weighted by Crippen LogP contribution is 2.22. The van der Waals surface area contributed by atoms with Crippen LogP contribution in [0.25, 0.3) is 0 Å². The Morgan fingerprint density at radius 1 is 1.42 bits per heavy atom. The van der Waals surface area contributed by atoms with Gasteiger partial charge in [-0.1, -0.05) is 12.1 Å². The third-order valence-electron chi connectivity index (χ3n) is 3.13. The zero-order valence-corrected chi connectivity index (χ0v) is 11.8. The van der Waals surface area contributed by atoms with E-state index < -0.39 is 0 Å².